The van der Waals surface area contributed by atoms with Gasteiger partial charge in [-0.25, -0.2) is 0 Å². The fourth-order valence-electron chi connectivity index (χ4n) is 2.51. The molecule has 0 radical (unpaired) electrons. The SMILES string of the molecule is COc1ccc(Cl)cc1N(CCC(=O)Nc1ccc(Cl)cc1C)C(C)=O. The van der Waals surface area contributed by atoms with Crippen molar-refractivity contribution in [2.75, 3.05) is 23.9 Å². The first-order valence-corrected chi connectivity index (χ1v) is 8.75. The number of carbonyl (C=O) groups is 2. The summed E-state index contributed by atoms with van der Waals surface area (Å²) in [5.74, 6) is 0.0993. The Kier molecular flexibility index (Phi) is 6.89. The topological polar surface area (TPSA) is 58.6 Å². The van der Waals surface area contributed by atoms with Crippen LogP contribution in [0, 0.1) is 6.92 Å². The Balaban J connectivity index is 2.10. The molecule has 0 saturated carbocycles. The zero-order valence-corrected chi connectivity index (χ0v) is 16.3. The zero-order valence-electron chi connectivity index (χ0n) is 14.8. The molecule has 26 heavy (non-hydrogen) atoms. The molecule has 5 nitrogen and oxygen atoms in total. The fraction of sp³-hybridized carbons (Fsp3) is 0.263. The van der Waals surface area contributed by atoms with Crippen LogP contribution >= 0.6 is 23.2 Å². The maximum atomic E-state index is 12.3. The number of carbonyl (C=O) groups excluding carboxylic acids is 2. The van der Waals surface area contributed by atoms with Crippen LogP contribution in [0.3, 0.4) is 0 Å². The number of rotatable bonds is 6. The summed E-state index contributed by atoms with van der Waals surface area (Å²) in [6.07, 6.45) is 0.122. The zero-order chi connectivity index (χ0) is 19.3. The third kappa shape index (κ3) is 5.13. The molecule has 2 aromatic carbocycles. The molecular weight excluding hydrogens is 375 g/mol. The van der Waals surface area contributed by atoms with Crippen LogP contribution in [0.15, 0.2) is 36.4 Å². The Labute approximate surface area is 162 Å². The van der Waals surface area contributed by atoms with Crippen LogP contribution in [-0.4, -0.2) is 25.5 Å². The number of hydrogen-bond acceptors (Lipinski definition) is 3. The molecule has 0 aromatic heterocycles. The van der Waals surface area contributed by atoms with Gasteiger partial charge in [-0.2, -0.15) is 0 Å². The van der Waals surface area contributed by atoms with Gasteiger partial charge in [0, 0.05) is 35.6 Å². The molecule has 0 fully saturated rings. The molecule has 0 aliphatic carbocycles. The molecule has 2 aromatic rings. The van der Waals surface area contributed by atoms with Crippen LogP contribution in [-0.2, 0) is 9.59 Å². The monoisotopic (exact) mass is 394 g/mol. The Morgan fingerprint density at radius 2 is 1.77 bits per heavy atom. The van der Waals surface area contributed by atoms with E-state index in [1.165, 1.54) is 18.9 Å². The minimum atomic E-state index is -0.207. The second-order valence-electron chi connectivity index (χ2n) is 5.74. The van der Waals surface area contributed by atoms with Gasteiger partial charge >= 0.3 is 0 Å². The predicted molar refractivity (Wildman–Crippen MR) is 105 cm³/mol. The highest BCUT2D eigenvalue weighted by Crippen LogP contribution is 2.31. The number of amides is 2. The molecule has 0 heterocycles. The van der Waals surface area contributed by atoms with Crippen LogP contribution in [0.4, 0.5) is 11.4 Å². The number of ether oxygens (including phenoxy) is 1. The standard InChI is InChI=1S/C19H20Cl2N2O3/c1-12-10-14(20)4-6-16(12)22-19(25)8-9-23(13(2)24)17-11-15(21)5-7-18(17)26-3/h4-7,10-11H,8-9H2,1-3H3,(H,22,25). The summed E-state index contributed by atoms with van der Waals surface area (Å²) < 4.78 is 5.30. The quantitative estimate of drug-likeness (QED) is 0.772. The number of benzene rings is 2. The molecule has 0 aliphatic rings. The maximum Gasteiger partial charge on any atom is 0.226 e. The molecule has 1 N–H and O–H groups in total. The van der Waals surface area contributed by atoms with Gasteiger partial charge in [0.15, 0.2) is 0 Å². The molecule has 0 spiro atoms. The van der Waals surface area contributed by atoms with Gasteiger partial charge < -0.3 is 15.0 Å². The molecule has 0 bridgehead atoms. The molecule has 0 unspecified atom stereocenters. The summed E-state index contributed by atoms with van der Waals surface area (Å²) in [4.78, 5) is 25.8. The van der Waals surface area contributed by atoms with Gasteiger partial charge in [0.2, 0.25) is 11.8 Å². The van der Waals surface area contributed by atoms with Crippen LogP contribution in [0.25, 0.3) is 0 Å². The van der Waals surface area contributed by atoms with Crippen molar-refractivity contribution in [3.05, 3.63) is 52.0 Å². The van der Waals surface area contributed by atoms with Gasteiger partial charge in [-0.05, 0) is 48.9 Å². The van der Waals surface area contributed by atoms with E-state index >= 15 is 0 Å². The number of methoxy groups -OCH3 is 1. The molecule has 2 amide bonds. The minimum absolute atomic E-state index is 0.122. The lowest BCUT2D eigenvalue weighted by atomic mass is 10.2. The first kappa shape index (κ1) is 20.1. The van der Waals surface area contributed by atoms with E-state index in [1.54, 1.807) is 36.4 Å². The van der Waals surface area contributed by atoms with Crippen molar-refractivity contribution < 1.29 is 14.3 Å². The van der Waals surface area contributed by atoms with Crippen molar-refractivity contribution in [1.29, 1.82) is 0 Å². The lowest BCUT2D eigenvalue weighted by Crippen LogP contribution is -2.32. The third-order valence-corrected chi connectivity index (χ3v) is 4.31. The summed E-state index contributed by atoms with van der Waals surface area (Å²) >= 11 is 12.0. The molecule has 2 rings (SSSR count). The highest BCUT2D eigenvalue weighted by Gasteiger charge is 2.18. The highest BCUT2D eigenvalue weighted by molar-refractivity contribution is 6.31. The van der Waals surface area contributed by atoms with Crippen LogP contribution < -0.4 is 15.0 Å². The average molecular weight is 395 g/mol. The first-order valence-electron chi connectivity index (χ1n) is 7.99. The molecular formula is C19H20Cl2N2O3. The summed E-state index contributed by atoms with van der Waals surface area (Å²) in [6.45, 7) is 3.49. The van der Waals surface area contributed by atoms with Gasteiger partial charge in [0.1, 0.15) is 5.75 Å². The van der Waals surface area contributed by atoms with Crippen molar-refractivity contribution >= 4 is 46.4 Å². The van der Waals surface area contributed by atoms with Gasteiger partial charge in [0.25, 0.3) is 0 Å². The Morgan fingerprint density at radius 1 is 1.12 bits per heavy atom. The summed E-state index contributed by atoms with van der Waals surface area (Å²) in [7, 11) is 1.51. The predicted octanol–water partition coefficient (Wildman–Crippen LogP) is 4.69. The Morgan fingerprint density at radius 3 is 2.38 bits per heavy atom. The van der Waals surface area contributed by atoms with E-state index in [9.17, 15) is 9.59 Å². The van der Waals surface area contributed by atoms with E-state index in [-0.39, 0.29) is 24.8 Å². The maximum absolute atomic E-state index is 12.3. The average Bonchev–Trinajstić information content (AvgIpc) is 2.57. The highest BCUT2D eigenvalue weighted by atomic mass is 35.5. The third-order valence-electron chi connectivity index (χ3n) is 3.84. The molecule has 7 heteroatoms. The smallest absolute Gasteiger partial charge is 0.226 e. The Hall–Kier alpha value is -2.24. The number of nitrogens with zero attached hydrogens (tertiary/aromatic N) is 1. The summed E-state index contributed by atoms with van der Waals surface area (Å²) in [5.41, 5.74) is 2.09. The number of nitrogens with one attached hydrogen (secondary N) is 1. The van der Waals surface area contributed by atoms with Crippen molar-refractivity contribution in [2.24, 2.45) is 0 Å². The number of aryl methyl sites for hydroxylation is 1. The van der Waals surface area contributed by atoms with Crippen LogP contribution in [0.2, 0.25) is 10.0 Å². The summed E-state index contributed by atoms with van der Waals surface area (Å²) in [5, 5.41) is 3.92. The molecule has 0 atom stereocenters. The van der Waals surface area contributed by atoms with E-state index in [2.05, 4.69) is 5.32 Å². The summed E-state index contributed by atoms with van der Waals surface area (Å²) in [6, 6.07) is 10.2. The van der Waals surface area contributed by atoms with Crippen molar-refractivity contribution in [2.45, 2.75) is 20.3 Å². The van der Waals surface area contributed by atoms with Gasteiger partial charge in [-0.3, -0.25) is 9.59 Å². The van der Waals surface area contributed by atoms with Gasteiger partial charge in [0.05, 0.1) is 12.8 Å². The van der Waals surface area contributed by atoms with E-state index in [0.29, 0.717) is 27.2 Å². The van der Waals surface area contributed by atoms with Crippen molar-refractivity contribution in [3.63, 3.8) is 0 Å². The van der Waals surface area contributed by atoms with E-state index in [1.807, 2.05) is 6.92 Å². The second kappa shape index (κ2) is 8.92. The van der Waals surface area contributed by atoms with E-state index in [4.69, 9.17) is 27.9 Å². The van der Waals surface area contributed by atoms with Crippen molar-refractivity contribution in [1.82, 2.24) is 0 Å². The van der Waals surface area contributed by atoms with E-state index < -0.39 is 0 Å². The van der Waals surface area contributed by atoms with Crippen molar-refractivity contribution in [3.8, 4) is 5.75 Å². The van der Waals surface area contributed by atoms with Gasteiger partial charge in [-0.15, -0.1) is 0 Å². The Bertz CT molecular complexity index is 824. The second-order valence-corrected chi connectivity index (χ2v) is 6.62. The normalized spacial score (nSPS) is 10.3. The molecule has 138 valence electrons. The van der Waals surface area contributed by atoms with E-state index in [0.717, 1.165) is 5.56 Å². The molecule has 0 aliphatic heterocycles. The van der Waals surface area contributed by atoms with Gasteiger partial charge in [-0.1, -0.05) is 23.2 Å². The number of hydrogen-bond donors (Lipinski definition) is 1. The number of halogens is 2. The van der Waals surface area contributed by atoms with Crippen LogP contribution in [0.5, 0.6) is 5.75 Å². The lowest BCUT2D eigenvalue weighted by Gasteiger charge is -2.23. The first-order chi connectivity index (χ1) is 12.3. The minimum Gasteiger partial charge on any atom is -0.495 e. The fourth-order valence-corrected chi connectivity index (χ4v) is 2.91. The molecule has 0 saturated heterocycles. The lowest BCUT2D eigenvalue weighted by molar-refractivity contribution is -0.117. The van der Waals surface area contributed by atoms with Crippen LogP contribution in [0.1, 0.15) is 18.9 Å². The largest absolute Gasteiger partial charge is 0.495 e. The number of anilines is 2.